The number of fused-ring (bicyclic) bond motifs is 1. The van der Waals surface area contributed by atoms with E-state index in [1.807, 2.05) is 42.5 Å². The van der Waals surface area contributed by atoms with Crippen LogP contribution in [0.25, 0.3) is 0 Å². The summed E-state index contributed by atoms with van der Waals surface area (Å²) in [5.41, 5.74) is 3.16. The first kappa shape index (κ1) is 18.7. The molecule has 2 heterocycles. The number of hydrogen-bond donors (Lipinski definition) is 2. The molecule has 0 radical (unpaired) electrons. The van der Waals surface area contributed by atoms with E-state index in [1.165, 1.54) is 6.20 Å². The van der Waals surface area contributed by atoms with Crippen LogP contribution in [-0.4, -0.2) is 22.7 Å². The number of para-hydroxylation sites is 1. The number of amides is 1. The molecule has 1 aliphatic rings. The zero-order valence-corrected chi connectivity index (χ0v) is 16.3. The summed E-state index contributed by atoms with van der Waals surface area (Å²) in [6.45, 7) is 4.98. The molecule has 2 N–H and O–H groups in total. The van der Waals surface area contributed by atoms with Crippen LogP contribution in [0.4, 0.5) is 11.5 Å². The van der Waals surface area contributed by atoms with E-state index in [4.69, 9.17) is 9.47 Å². The molecule has 0 atom stereocenters. The van der Waals surface area contributed by atoms with E-state index in [0.717, 1.165) is 28.3 Å². The fourth-order valence-corrected chi connectivity index (χ4v) is 3.08. The van der Waals surface area contributed by atoms with Gasteiger partial charge in [-0.25, -0.2) is 9.97 Å². The second kappa shape index (κ2) is 8.18. The SMILES string of the molecule is CC(C)c1ccccc1NC(=O)c1cnc(NCc2ccc3c(c2)OCO3)cn1. The van der Waals surface area contributed by atoms with Gasteiger partial charge >= 0.3 is 0 Å². The van der Waals surface area contributed by atoms with E-state index >= 15 is 0 Å². The molecule has 0 saturated carbocycles. The zero-order valence-electron chi connectivity index (χ0n) is 16.3. The molecule has 1 amide bonds. The number of nitrogens with one attached hydrogen (secondary N) is 2. The topological polar surface area (TPSA) is 85.4 Å². The minimum absolute atomic E-state index is 0.253. The number of carbonyl (C=O) groups is 1. The smallest absolute Gasteiger partial charge is 0.275 e. The molecule has 0 bridgehead atoms. The number of hydrogen-bond acceptors (Lipinski definition) is 6. The number of aromatic nitrogens is 2. The van der Waals surface area contributed by atoms with Crippen LogP contribution in [-0.2, 0) is 6.54 Å². The minimum Gasteiger partial charge on any atom is -0.454 e. The maximum atomic E-state index is 12.5. The van der Waals surface area contributed by atoms with Crippen molar-refractivity contribution < 1.29 is 14.3 Å². The highest BCUT2D eigenvalue weighted by Crippen LogP contribution is 2.32. The number of anilines is 2. The Bertz CT molecular complexity index is 1020. The normalized spacial score (nSPS) is 12.1. The van der Waals surface area contributed by atoms with Crippen molar-refractivity contribution in [1.29, 1.82) is 0 Å². The van der Waals surface area contributed by atoms with Gasteiger partial charge in [0.05, 0.1) is 12.4 Å². The highest BCUT2D eigenvalue weighted by molar-refractivity contribution is 6.03. The van der Waals surface area contributed by atoms with Crippen molar-refractivity contribution in [2.75, 3.05) is 17.4 Å². The Morgan fingerprint density at radius 1 is 1.07 bits per heavy atom. The molecule has 3 aromatic rings. The second-order valence-electron chi connectivity index (χ2n) is 7.02. The van der Waals surface area contributed by atoms with Crippen LogP contribution < -0.4 is 20.1 Å². The average Bonchev–Trinajstić information content (AvgIpc) is 3.21. The first-order valence-corrected chi connectivity index (χ1v) is 9.45. The molecule has 148 valence electrons. The molecule has 7 nitrogen and oxygen atoms in total. The fraction of sp³-hybridized carbons (Fsp3) is 0.227. The maximum absolute atomic E-state index is 12.5. The quantitative estimate of drug-likeness (QED) is 0.656. The van der Waals surface area contributed by atoms with Crippen LogP contribution >= 0.6 is 0 Å². The molecule has 0 spiro atoms. The average molecular weight is 390 g/mol. The number of carbonyl (C=O) groups excluding carboxylic acids is 1. The van der Waals surface area contributed by atoms with E-state index in [-0.39, 0.29) is 18.4 Å². The molecule has 7 heteroatoms. The van der Waals surface area contributed by atoms with Gasteiger partial charge in [0.25, 0.3) is 5.91 Å². The van der Waals surface area contributed by atoms with Gasteiger partial charge in [-0.05, 0) is 35.2 Å². The molecule has 4 rings (SSSR count). The van der Waals surface area contributed by atoms with Gasteiger partial charge in [-0.1, -0.05) is 38.1 Å². The lowest BCUT2D eigenvalue weighted by atomic mass is 10.0. The summed E-state index contributed by atoms with van der Waals surface area (Å²) < 4.78 is 10.7. The predicted molar refractivity (Wildman–Crippen MR) is 110 cm³/mol. The summed E-state index contributed by atoms with van der Waals surface area (Å²) >= 11 is 0. The molecule has 2 aromatic carbocycles. The van der Waals surface area contributed by atoms with Gasteiger partial charge in [-0.15, -0.1) is 0 Å². The molecule has 29 heavy (non-hydrogen) atoms. The summed E-state index contributed by atoms with van der Waals surface area (Å²) in [5.74, 6) is 2.10. The van der Waals surface area contributed by atoms with Crippen LogP contribution in [0.15, 0.2) is 54.9 Å². The van der Waals surface area contributed by atoms with E-state index in [2.05, 4.69) is 34.4 Å². The Hall–Kier alpha value is -3.61. The van der Waals surface area contributed by atoms with Crippen LogP contribution in [0.2, 0.25) is 0 Å². The fourth-order valence-electron chi connectivity index (χ4n) is 3.08. The summed E-state index contributed by atoms with van der Waals surface area (Å²) in [6, 6.07) is 13.5. The van der Waals surface area contributed by atoms with E-state index in [1.54, 1.807) is 6.20 Å². The molecule has 0 aliphatic carbocycles. The number of ether oxygens (including phenoxy) is 2. The Morgan fingerprint density at radius 3 is 2.69 bits per heavy atom. The van der Waals surface area contributed by atoms with E-state index < -0.39 is 0 Å². The van der Waals surface area contributed by atoms with Gasteiger partial charge < -0.3 is 20.1 Å². The third-order valence-electron chi connectivity index (χ3n) is 4.63. The summed E-state index contributed by atoms with van der Waals surface area (Å²) in [5, 5.41) is 6.11. The first-order chi connectivity index (χ1) is 14.1. The van der Waals surface area contributed by atoms with Crippen LogP contribution in [0.3, 0.4) is 0 Å². The lowest BCUT2D eigenvalue weighted by molar-refractivity contribution is 0.102. The highest BCUT2D eigenvalue weighted by Gasteiger charge is 2.14. The molecule has 0 unspecified atom stereocenters. The van der Waals surface area contributed by atoms with Crippen molar-refractivity contribution in [2.45, 2.75) is 26.3 Å². The molecular weight excluding hydrogens is 368 g/mol. The van der Waals surface area contributed by atoms with Gasteiger partial charge in [0, 0.05) is 12.2 Å². The van der Waals surface area contributed by atoms with Crippen molar-refractivity contribution in [3.63, 3.8) is 0 Å². The van der Waals surface area contributed by atoms with Crippen LogP contribution in [0, 0.1) is 0 Å². The van der Waals surface area contributed by atoms with Gasteiger partial charge in [-0.3, -0.25) is 4.79 Å². The van der Waals surface area contributed by atoms with Crippen molar-refractivity contribution in [2.24, 2.45) is 0 Å². The van der Waals surface area contributed by atoms with Crippen LogP contribution in [0.1, 0.15) is 41.4 Å². The standard InChI is InChI=1S/C22H22N4O3/c1-14(2)16-5-3-4-6-17(16)26-22(27)18-11-25-21(12-23-18)24-10-15-7-8-19-20(9-15)29-13-28-19/h3-9,11-12,14H,10,13H2,1-2H3,(H,24,25)(H,26,27). The lowest BCUT2D eigenvalue weighted by Crippen LogP contribution is -2.16. The third kappa shape index (κ3) is 4.29. The Morgan fingerprint density at radius 2 is 1.90 bits per heavy atom. The summed E-state index contributed by atoms with van der Waals surface area (Å²) in [6.07, 6.45) is 3.02. The molecule has 1 aromatic heterocycles. The molecule has 0 saturated heterocycles. The molecular formula is C22H22N4O3. The third-order valence-corrected chi connectivity index (χ3v) is 4.63. The lowest BCUT2D eigenvalue weighted by Gasteiger charge is -2.13. The zero-order chi connectivity index (χ0) is 20.2. The van der Waals surface area contributed by atoms with Gasteiger partial charge in [0.2, 0.25) is 6.79 Å². The van der Waals surface area contributed by atoms with Crippen molar-refractivity contribution in [3.8, 4) is 11.5 Å². The first-order valence-electron chi connectivity index (χ1n) is 9.45. The Balaban J connectivity index is 1.38. The Kier molecular flexibility index (Phi) is 5.29. The second-order valence-corrected chi connectivity index (χ2v) is 7.02. The predicted octanol–water partition coefficient (Wildman–Crippen LogP) is 4.19. The van der Waals surface area contributed by atoms with Crippen molar-refractivity contribution in [1.82, 2.24) is 9.97 Å². The minimum atomic E-state index is -0.284. The molecule has 1 aliphatic heterocycles. The highest BCUT2D eigenvalue weighted by atomic mass is 16.7. The number of rotatable bonds is 6. The summed E-state index contributed by atoms with van der Waals surface area (Å²) in [7, 11) is 0. The molecule has 0 fully saturated rings. The largest absolute Gasteiger partial charge is 0.454 e. The van der Waals surface area contributed by atoms with E-state index in [9.17, 15) is 4.79 Å². The van der Waals surface area contributed by atoms with Gasteiger partial charge in [-0.2, -0.15) is 0 Å². The van der Waals surface area contributed by atoms with Crippen molar-refractivity contribution in [3.05, 3.63) is 71.7 Å². The van der Waals surface area contributed by atoms with Crippen molar-refractivity contribution >= 4 is 17.4 Å². The number of nitrogens with zero attached hydrogens (tertiary/aromatic N) is 2. The van der Waals surface area contributed by atoms with Gasteiger partial charge in [0.15, 0.2) is 11.5 Å². The maximum Gasteiger partial charge on any atom is 0.275 e. The summed E-state index contributed by atoms with van der Waals surface area (Å²) in [4.78, 5) is 21.1. The van der Waals surface area contributed by atoms with Crippen LogP contribution in [0.5, 0.6) is 11.5 Å². The van der Waals surface area contributed by atoms with E-state index in [0.29, 0.717) is 18.3 Å². The van der Waals surface area contributed by atoms with Gasteiger partial charge in [0.1, 0.15) is 11.5 Å². The number of benzene rings is 2. The monoisotopic (exact) mass is 390 g/mol. The Labute approximate surface area is 169 Å².